The molecular weight excluding hydrogens is 356 g/mol. The van der Waals surface area contributed by atoms with Gasteiger partial charge in [0.1, 0.15) is 6.04 Å². The lowest BCUT2D eigenvalue weighted by Crippen LogP contribution is -2.47. The van der Waals surface area contributed by atoms with E-state index in [1.807, 2.05) is 36.4 Å². The lowest BCUT2D eigenvalue weighted by Gasteiger charge is -2.36. The van der Waals surface area contributed by atoms with Crippen LogP contribution in [-0.2, 0) is 9.22 Å². The van der Waals surface area contributed by atoms with Crippen molar-refractivity contribution in [3.8, 4) is 0 Å². The number of amides is 2. The maximum absolute atomic E-state index is 12.6. The van der Waals surface area contributed by atoms with Crippen molar-refractivity contribution in [2.45, 2.75) is 51.4 Å². The molecule has 2 aromatic carbocycles. The largest absolute Gasteiger partial charge is 0.417 e. The number of nitrogens with two attached hydrogens (primary N) is 1. The van der Waals surface area contributed by atoms with Gasteiger partial charge >= 0.3 is 0 Å². The third-order valence-electron chi connectivity index (χ3n) is 5.34. The molecule has 0 saturated heterocycles. The zero-order valence-corrected chi connectivity index (χ0v) is 17.8. The van der Waals surface area contributed by atoms with Crippen molar-refractivity contribution in [1.82, 2.24) is 5.32 Å². The zero-order valence-electron chi connectivity index (χ0n) is 16.8. The fourth-order valence-electron chi connectivity index (χ4n) is 2.51. The minimum atomic E-state index is -1.91. The molecule has 2 rings (SSSR count). The highest BCUT2D eigenvalue weighted by molar-refractivity contribution is 6.74. The first-order valence-electron chi connectivity index (χ1n) is 9.24. The summed E-state index contributed by atoms with van der Waals surface area (Å²) in [6, 6.07) is 12.5. The lowest BCUT2D eigenvalue weighted by atomic mass is 10.1. The van der Waals surface area contributed by atoms with Gasteiger partial charge in [0.25, 0.3) is 5.91 Å². The molecule has 0 aliphatic carbocycles. The quantitative estimate of drug-likeness (QED) is 0.710. The smallest absolute Gasteiger partial charge is 0.251 e. The van der Waals surface area contributed by atoms with Crippen molar-refractivity contribution in [2.75, 3.05) is 6.61 Å². The van der Waals surface area contributed by atoms with Gasteiger partial charge in [-0.1, -0.05) is 51.1 Å². The molecule has 0 aromatic heterocycles. The molecule has 0 heterocycles. The molecule has 0 aliphatic heterocycles. The molecule has 0 aliphatic rings. The van der Waals surface area contributed by atoms with E-state index in [1.54, 1.807) is 6.07 Å². The SMILES string of the molecule is CC(C)(C)[Si](C)(C)OCC[C@H](NC(=O)c1ccc2ccccc2c1)C(N)=O. The third-order valence-corrected chi connectivity index (χ3v) is 9.87. The second kappa shape index (κ2) is 8.23. The molecule has 3 N–H and O–H groups in total. The molecule has 0 fully saturated rings. The van der Waals surface area contributed by atoms with E-state index in [-0.39, 0.29) is 10.9 Å². The molecule has 5 nitrogen and oxygen atoms in total. The first kappa shape index (κ1) is 21.1. The Morgan fingerprint density at radius 1 is 1.11 bits per heavy atom. The second-order valence-electron chi connectivity index (χ2n) is 8.39. The van der Waals surface area contributed by atoms with Crippen LogP contribution in [0, 0.1) is 0 Å². The van der Waals surface area contributed by atoms with Gasteiger partial charge in [0.15, 0.2) is 8.32 Å². The average molecular weight is 387 g/mol. The highest BCUT2D eigenvalue weighted by Crippen LogP contribution is 2.36. The molecule has 146 valence electrons. The van der Waals surface area contributed by atoms with Crippen molar-refractivity contribution in [3.63, 3.8) is 0 Å². The van der Waals surface area contributed by atoms with E-state index in [9.17, 15) is 9.59 Å². The van der Waals surface area contributed by atoms with E-state index < -0.39 is 20.3 Å². The van der Waals surface area contributed by atoms with Crippen LogP contribution in [-0.4, -0.2) is 32.8 Å². The summed E-state index contributed by atoms with van der Waals surface area (Å²) in [7, 11) is -1.91. The molecular formula is C21H30N2O3Si. The van der Waals surface area contributed by atoms with Crippen molar-refractivity contribution in [2.24, 2.45) is 5.73 Å². The van der Waals surface area contributed by atoms with E-state index in [0.29, 0.717) is 18.6 Å². The summed E-state index contributed by atoms with van der Waals surface area (Å²) >= 11 is 0. The van der Waals surface area contributed by atoms with Gasteiger partial charge in [0.05, 0.1) is 0 Å². The Morgan fingerprint density at radius 2 is 1.74 bits per heavy atom. The summed E-state index contributed by atoms with van der Waals surface area (Å²) in [6.45, 7) is 11.2. The molecule has 0 radical (unpaired) electrons. The van der Waals surface area contributed by atoms with Crippen LogP contribution in [0.3, 0.4) is 0 Å². The lowest BCUT2D eigenvalue weighted by molar-refractivity contribution is -0.120. The van der Waals surface area contributed by atoms with Gasteiger partial charge in [0.2, 0.25) is 5.91 Å². The van der Waals surface area contributed by atoms with E-state index in [0.717, 1.165) is 10.8 Å². The van der Waals surface area contributed by atoms with E-state index >= 15 is 0 Å². The molecule has 27 heavy (non-hydrogen) atoms. The number of fused-ring (bicyclic) bond motifs is 1. The number of primary amides is 1. The highest BCUT2D eigenvalue weighted by Gasteiger charge is 2.37. The summed E-state index contributed by atoms with van der Waals surface area (Å²) < 4.78 is 6.10. The van der Waals surface area contributed by atoms with Crippen LogP contribution >= 0.6 is 0 Å². The first-order valence-corrected chi connectivity index (χ1v) is 12.1. The number of carbonyl (C=O) groups excluding carboxylic acids is 2. The summed E-state index contributed by atoms with van der Waals surface area (Å²) in [6.07, 6.45) is 0.362. The van der Waals surface area contributed by atoms with Gasteiger partial charge in [-0.15, -0.1) is 0 Å². The second-order valence-corrected chi connectivity index (χ2v) is 13.2. The fourth-order valence-corrected chi connectivity index (χ4v) is 3.57. The summed E-state index contributed by atoms with van der Waals surface area (Å²) in [5.41, 5.74) is 6.00. The van der Waals surface area contributed by atoms with Gasteiger partial charge < -0.3 is 15.5 Å². The van der Waals surface area contributed by atoms with Crippen LogP contribution in [0.1, 0.15) is 37.6 Å². The number of carbonyl (C=O) groups is 2. The van der Waals surface area contributed by atoms with E-state index in [4.69, 9.17) is 10.2 Å². The van der Waals surface area contributed by atoms with Crippen molar-refractivity contribution < 1.29 is 14.0 Å². The van der Waals surface area contributed by atoms with E-state index in [1.165, 1.54) is 0 Å². The van der Waals surface area contributed by atoms with Crippen LogP contribution in [0.5, 0.6) is 0 Å². The Labute approximate surface area is 162 Å². The van der Waals surface area contributed by atoms with Gasteiger partial charge in [-0.25, -0.2) is 0 Å². The number of hydrogen-bond acceptors (Lipinski definition) is 3. The van der Waals surface area contributed by atoms with Gasteiger partial charge in [-0.05, 0) is 47.5 Å². The predicted octanol–water partition coefficient (Wildman–Crippen LogP) is 3.84. The molecule has 2 amide bonds. The summed E-state index contributed by atoms with van der Waals surface area (Å²) in [4.78, 5) is 24.4. The molecule has 0 unspecified atom stereocenters. The Kier molecular flexibility index (Phi) is 6.44. The van der Waals surface area contributed by atoms with Crippen LogP contribution in [0.2, 0.25) is 18.1 Å². The maximum atomic E-state index is 12.6. The van der Waals surface area contributed by atoms with E-state index in [2.05, 4.69) is 39.2 Å². The third kappa shape index (κ3) is 5.40. The number of hydrogen-bond donors (Lipinski definition) is 2. The minimum Gasteiger partial charge on any atom is -0.417 e. The highest BCUT2D eigenvalue weighted by atomic mass is 28.4. The molecule has 1 atom stereocenters. The van der Waals surface area contributed by atoms with Gasteiger partial charge in [0, 0.05) is 12.2 Å². The van der Waals surface area contributed by atoms with Crippen LogP contribution in [0.25, 0.3) is 10.8 Å². The number of nitrogens with one attached hydrogen (secondary N) is 1. The van der Waals surface area contributed by atoms with Crippen molar-refractivity contribution in [1.29, 1.82) is 0 Å². The topological polar surface area (TPSA) is 81.4 Å². The van der Waals surface area contributed by atoms with Crippen molar-refractivity contribution in [3.05, 3.63) is 48.0 Å². The average Bonchev–Trinajstić information content (AvgIpc) is 2.59. The van der Waals surface area contributed by atoms with Gasteiger partial charge in [-0.3, -0.25) is 9.59 Å². The Hall–Kier alpha value is -2.18. The monoisotopic (exact) mass is 386 g/mol. The molecule has 0 spiro atoms. The molecule has 2 aromatic rings. The Balaban J connectivity index is 2.02. The summed E-state index contributed by atoms with van der Waals surface area (Å²) in [5.74, 6) is -0.861. The molecule has 6 heteroatoms. The Morgan fingerprint density at radius 3 is 2.33 bits per heavy atom. The van der Waals surface area contributed by atoms with Crippen LogP contribution in [0.15, 0.2) is 42.5 Å². The zero-order chi connectivity index (χ0) is 20.2. The molecule has 0 bridgehead atoms. The maximum Gasteiger partial charge on any atom is 0.251 e. The number of rotatable bonds is 7. The standard InChI is InChI=1S/C21H30N2O3Si/c1-21(2,3)27(4,5)26-13-12-18(19(22)24)23-20(25)17-11-10-15-8-6-7-9-16(15)14-17/h6-11,14,18H,12-13H2,1-5H3,(H2,22,24)(H,23,25)/t18-/m0/s1. The number of benzene rings is 2. The minimum absolute atomic E-state index is 0.0869. The van der Waals surface area contributed by atoms with Crippen LogP contribution < -0.4 is 11.1 Å². The van der Waals surface area contributed by atoms with Crippen molar-refractivity contribution >= 4 is 30.9 Å². The summed E-state index contributed by atoms with van der Waals surface area (Å²) in [5, 5.41) is 4.86. The fraction of sp³-hybridized carbons (Fsp3) is 0.429. The Bertz CT molecular complexity index is 828. The normalized spacial score (nSPS) is 13.4. The predicted molar refractivity (Wildman–Crippen MR) is 112 cm³/mol. The first-order chi connectivity index (χ1) is 12.5. The molecule has 0 saturated carbocycles. The van der Waals surface area contributed by atoms with Crippen LogP contribution in [0.4, 0.5) is 0 Å². The van der Waals surface area contributed by atoms with Gasteiger partial charge in [-0.2, -0.15) is 0 Å².